The summed E-state index contributed by atoms with van der Waals surface area (Å²) >= 11 is 0. The summed E-state index contributed by atoms with van der Waals surface area (Å²) in [4.78, 5) is 3.16. The molecule has 3 rings (SSSR count). The van der Waals surface area contributed by atoms with Crippen LogP contribution in [0.4, 0.5) is 8.78 Å². The predicted molar refractivity (Wildman–Crippen MR) is 118 cm³/mol. The van der Waals surface area contributed by atoms with Crippen LogP contribution in [0.5, 0.6) is 5.75 Å². The Morgan fingerprint density at radius 1 is 0.806 bits per heavy atom. The van der Waals surface area contributed by atoms with Gasteiger partial charge in [-0.3, -0.25) is 4.55 Å². The summed E-state index contributed by atoms with van der Waals surface area (Å²) in [6, 6.07) is 23.0. The molecule has 1 unspecified atom stereocenters. The van der Waals surface area contributed by atoms with Crippen molar-refractivity contribution in [2.45, 2.75) is 46.8 Å². The number of rotatable bonds is 7. The molecule has 0 aromatic heterocycles. The molecule has 0 aliphatic heterocycles. The molecule has 0 fully saturated rings. The molecule has 0 bridgehead atoms. The van der Waals surface area contributed by atoms with E-state index >= 15 is 0 Å². The molecule has 3 aromatic carbocycles. The molecule has 4 nitrogen and oxygen atoms in total. The van der Waals surface area contributed by atoms with Gasteiger partial charge >= 0.3 is 15.4 Å². The molecular formula is C23H23F2O4S2+. The Morgan fingerprint density at radius 2 is 1.16 bits per heavy atom. The first-order valence-corrected chi connectivity index (χ1v) is 12.1. The summed E-state index contributed by atoms with van der Waals surface area (Å²) in [5, 5.41) is -4.42. The van der Waals surface area contributed by atoms with Gasteiger partial charge in [0.15, 0.2) is 20.8 Å². The van der Waals surface area contributed by atoms with E-state index in [0.29, 0.717) is 0 Å². The Bertz CT molecular complexity index is 1080. The topological polar surface area (TPSA) is 63.6 Å². The third kappa shape index (κ3) is 5.26. The average molecular weight is 466 g/mol. The lowest BCUT2D eigenvalue weighted by Gasteiger charge is -2.21. The van der Waals surface area contributed by atoms with E-state index < -0.39 is 32.4 Å². The van der Waals surface area contributed by atoms with Crippen LogP contribution in [0.2, 0.25) is 0 Å². The van der Waals surface area contributed by atoms with Crippen LogP contribution in [0.25, 0.3) is 0 Å². The number of hydrogen-bond donors (Lipinski definition) is 1. The van der Waals surface area contributed by atoms with Gasteiger partial charge in [-0.2, -0.15) is 17.2 Å². The van der Waals surface area contributed by atoms with E-state index in [2.05, 4.69) is 24.3 Å². The molecule has 31 heavy (non-hydrogen) atoms. The van der Waals surface area contributed by atoms with Crippen molar-refractivity contribution in [3.63, 3.8) is 0 Å². The van der Waals surface area contributed by atoms with Crippen LogP contribution in [-0.4, -0.2) is 24.3 Å². The lowest BCUT2D eigenvalue weighted by molar-refractivity contribution is -0.0236. The van der Waals surface area contributed by atoms with Gasteiger partial charge in [-0.05, 0) is 69.3 Å². The summed E-state index contributed by atoms with van der Waals surface area (Å²) in [5.74, 6) is 0.0796. The molecular weight excluding hydrogens is 442 g/mol. The summed E-state index contributed by atoms with van der Waals surface area (Å²) in [7, 11) is -6.00. The number of hydrogen-bond acceptors (Lipinski definition) is 3. The summed E-state index contributed by atoms with van der Waals surface area (Å²) in [5.41, 5.74) is 2.29. The van der Waals surface area contributed by atoms with Crippen LogP contribution < -0.4 is 4.74 Å². The monoisotopic (exact) mass is 465 g/mol. The van der Waals surface area contributed by atoms with Crippen LogP contribution in [0.15, 0.2) is 87.5 Å². The standard InChI is InChI=1S/C23H22F2O4S2/c1-16-4-10-20(11-5-16)30(21-12-6-17(2)7-13-21)22-14-8-19(9-15-22)29-18(3)23(24,25)31(26,27)28/h4-15,18H,1-3H3/p+1. The van der Waals surface area contributed by atoms with Gasteiger partial charge in [0.25, 0.3) is 0 Å². The fourth-order valence-electron chi connectivity index (χ4n) is 2.89. The van der Waals surface area contributed by atoms with Crippen molar-refractivity contribution < 1.29 is 26.5 Å². The maximum Gasteiger partial charge on any atom is 0.405 e. The highest BCUT2D eigenvalue weighted by atomic mass is 32.2. The van der Waals surface area contributed by atoms with Gasteiger partial charge < -0.3 is 4.74 Å². The normalized spacial score (nSPS) is 13.3. The second kappa shape index (κ2) is 8.98. The Hall–Kier alpha value is -2.42. The van der Waals surface area contributed by atoms with Crippen molar-refractivity contribution >= 4 is 21.0 Å². The number of aryl methyl sites for hydroxylation is 2. The van der Waals surface area contributed by atoms with Crippen molar-refractivity contribution in [1.82, 2.24) is 0 Å². The molecule has 0 saturated heterocycles. The number of halogens is 2. The number of ether oxygens (including phenoxy) is 1. The van der Waals surface area contributed by atoms with E-state index in [1.165, 1.54) is 12.1 Å². The van der Waals surface area contributed by atoms with Crippen LogP contribution in [0.3, 0.4) is 0 Å². The summed E-state index contributed by atoms with van der Waals surface area (Å²) in [6.07, 6.45) is -2.05. The fraction of sp³-hybridized carbons (Fsp3) is 0.217. The van der Waals surface area contributed by atoms with E-state index in [9.17, 15) is 17.2 Å². The predicted octanol–water partition coefficient (Wildman–Crippen LogP) is 5.65. The zero-order chi connectivity index (χ0) is 22.8. The highest BCUT2D eigenvalue weighted by molar-refractivity contribution is 7.97. The third-order valence-electron chi connectivity index (χ3n) is 4.70. The summed E-state index contributed by atoms with van der Waals surface area (Å²) in [6.45, 7) is 4.93. The molecule has 164 valence electrons. The SMILES string of the molecule is Cc1ccc([S+](c2ccc(C)cc2)c2ccc(OC(C)C(F)(F)S(=O)(=O)O)cc2)cc1. The highest BCUT2D eigenvalue weighted by Gasteiger charge is 2.51. The highest BCUT2D eigenvalue weighted by Crippen LogP contribution is 2.34. The third-order valence-corrected chi connectivity index (χ3v) is 7.95. The van der Waals surface area contributed by atoms with Crippen molar-refractivity contribution in [3.05, 3.63) is 83.9 Å². The molecule has 0 aliphatic carbocycles. The van der Waals surface area contributed by atoms with Crippen LogP contribution in [0, 0.1) is 13.8 Å². The van der Waals surface area contributed by atoms with E-state index in [0.717, 1.165) is 32.7 Å². The second-order valence-corrected chi connectivity index (χ2v) is 10.7. The molecule has 0 amide bonds. The molecule has 1 atom stereocenters. The summed E-state index contributed by atoms with van der Waals surface area (Å²) < 4.78 is 63.2. The van der Waals surface area contributed by atoms with Crippen molar-refractivity contribution in [3.8, 4) is 5.75 Å². The van der Waals surface area contributed by atoms with E-state index in [-0.39, 0.29) is 5.75 Å². The quantitative estimate of drug-likeness (QED) is 0.362. The molecule has 0 radical (unpaired) electrons. The van der Waals surface area contributed by atoms with Crippen LogP contribution in [-0.2, 0) is 21.0 Å². The average Bonchev–Trinajstić information content (AvgIpc) is 2.71. The van der Waals surface area contributed by atoms with Gasteiger partial charge in [0, 0.05) is 0 Å². The van der Waals surface area contributed by atoms with Crippen LogP contribution >= 0.6 is 0 Å². The lowest BCUT2D eigenvalue weighted by Crippen LogP contribution is -2.42. The first-order chi connectivity index (χ1) is 14.5. The van der Waals surface area contributed by atoms with Gasteiger partial charge in [0.1, 0.15) is 5.75 Å². The van der Waals surface area contributed by atoms with Gasteiger partial charge in [-0.1, -0.05) is 35.4 Å². The molecule has 0 heterocycles. The minimum atomic E-state index is -5.58. The van der Waals surface area contributed by atoms with Gasteiger partial charge in [-0.25, -0.2) is 0 Å². The van der Waals surface area contributed by atoms with Gasteiger partial charge in [0.05, 0.1) is 10.9 Å². The van der Waals surface area contributed by atoms with E-state index in [1.807, 2.05) is 38.1 Å². The van der Waals surface area contributed by atoms with E-state index in [1.54, 1.807) is 12.1 Å². The van der Waals surface area contributed by atoms with Crippen molar-refractivity contribution in [2.75, 3.05) is 0 Å². The van der Waals surface area contributed by atoms with Gasteiger partial charge in [0.2, 0.25) is 0 Å². The maximum atomic E-state index is 13.8. The van der Waals surface area contributed by atoms with E-state index in [4.69, 9.17) is 9.29 Å². The molecule has 3 aromatic rings. The number of alkyl halides is 2. The molecule has 0 spiro atoms. The molecule has 8 heteroatoms. The van der Waals surface area contributed by atoms with Gasteiger partial charge in [-0.15, -0.1) is 0 Å². The second-order valence-electron chi connectivity index (χ2n) is 7.20. The smallest absolute Gasteiger partial charge is 0.405 e. The number of benzene rings is 3. The Morgan fingerprint density at radius 3 is 1.52 bits per heavy atom. The molecule has 0 aliphatic rings. The fourth-order valence-corrected chi connectivity index (χ4v) is 5.40. The van der Waals surface area contributed by atoms with Crippen LogP contribution in [0.1, 0.15) is 18.1 Å². The zero-order valence-electron chi connectivity index (χ0n) is 17.2. The first kappa shape index (κ1) is 23.2. The maximum absolute atomic E-state index is 13.8. The Kier molecular flexibility index (Phi) is 6.73. The molecule has 0 saturated carbocycles. The minimum Gasteiger partial charge on any atom is -0.483 e. The van der Waals surface area contributed by atoms with Crippen molar-refractivity contribution in [1.29, 1.82) is 0 Å². The Balaban J connectivity index is 1.92. The minimum absolute atomic E-state index is 0.0796. The molecule has 1 N–H and O–H groups in total. The van der Waals surface area contributed by atoms with Crippen molar-refractivity contribution in [2.24, 2.45) is 0 Å². The Labute approximate surface area is 184 Å². The lowest BCUT2D eigenvalue weighted by atomic mass is 10.2. The first-order valence-electron chi connectivity index (χ1n) is 9.48. The zero-order valence-corrected chi connectivity index (χ0v) is 18.9. The largest absolute Gasteiger partial charge is 0.483 e.